The number of aliphatic carboxylic acids is 1. The fraction of sp³-hybridized carbons (Fsp3) is 0.429. The zero-order valence-corrected chi connectivity index (χ0v) is 11.3. The van der Waals surface area contributed by atoms with Crippen molar-refractivity contribution in [2.75, 3.05) is 13.2 Å². The summed E-state index contributed by atoms with van der Waals surface area (Å²) in [4.78, 5) is 23.2. The molecule has 20 heavy (non-hydrogen) atoms. The molecule has 2 amide bonds. The Morgan fingerprint density at radius 3 is 2.60 bits per heavy atom. The highest BCUT2D eigenvalue weighted by atomic mass is 16.5. The molecule has 1 fully saturated rings. The summed E-state index contributed by atoms with van der Waals surface area (Å²) in [6.07, 6.45) is 0.273. The van der Waals surface area contributed by atoms with E-state index in [0.29, 0.717) is 6.61 Å². The molecule has 1 aromatic carbocycles. The summed E-state index contributed by atoms with van der Waals surface area (Å²) in [6.45, 7) is 2.17. The second-order valence-corrected chi connectivity index (χ2v) is 4.92. The maximum absolute atomic E-state index is 12.0. The van der Waals surface area contributed by atoms with Crippen LogP contribution in [0.4, 0.5) is 4.79 Å². The molecule has 0 spiro atoms. The van der Waals surface area contributed by atoms with E-state index in [9.17, 15) is 14.7 Å². The lowest BCUT2D eigenvalue weighted by atomic mass is 9.99. The molecular formula is C14H18N2O4. The van der Waals surface area contributed by atoms with Crippen LogP contribution in [0.3, 0.4) is 0 Å². The summed E-state index contributed by atoms with van der Waals surface area (Å²) in [5.41, 5.74) is -0.366. The molecule has 3 N–H and O–H groups in total. The monoisotopic (exact) mass is 278 g/mol. The molecule has 0 bridgehead atoms. The summed E-state index contributed by atoms with van der Waals surface area (Å²) in [7, 11) is 0. The van der Waals surface area contributed by atoms with Crippen LogP contribution in [0.25, 0.3) is 0 Å². The normalized spacial score (nSPS) is 23.1. The average molecular weight is 278 g/mol. The van der Waals surface area contributed by atoms with E-state index in [4.69, 9.17) is 4.74 Å². The molecule has 2 rings (SSSR count). The van der Waals surface area contributed by atoms with Gasteiger partial charge in [-0.2, -0.15) is 0 Å². The van der Waals surface area contributed by atoms with Gasteiger partial charge < -0.3 is 20.5 Å². The molecule has 1 heterocycles. The van der Waals surface area contributed by atoms with E-state index in [2.05, 4.69) is 10.6 Å². The molecule has 2 unspecified atom stereocenters. The van der Waals surface area contributed by atoms with Crippen molar-refractivity contribution in [2.45, 2.75) is 24.9 Å². The quantitative estimate of drug-likeness (QED) is 0.774. The summed E-state index contributed by atoms with van der Waals surface area (Å²) >= 11 is 0. The topological polar surface area (TPSA) is 87.7 Å². The van der Waals surface area contributed by atoms with E-state index in [1.807, 2.05) is 37.3 Å². The van der Waals surface area contributed by atoms with Gasteiger partial charge >= 0.3 is 12.0 Å². The number of amides is 2. The lowest BCUT2D eigenvalue weighted by Crippen LogP contribution is -2.57. The minimum atomic E-state index is -1.32. The van der Waals surface area contributed by atoms with Crippen molar-refractivity contribution in [1.29, 1.82) is 0 Å². The SMILES string of the molecule is CC(NC(=O)NC1(C(=O)O)CCOC1)c1ccccc1. The van der Waals surface area contributed by atoms with Gasteiger partial charge in [-0.1, -0.05) is 30.3 Å². The van der Waals surface area contributed by atoms with Crippen LogP contribution in [-0.4, -0.2) is 35.9 Å². The Morgan fingerprint density at radius 2 is 2.05 bits per heavy atom. The Balaban J connectivity index is 1.97. The molecule has 108 valence electrons. The minimum Gasteiger partial charge on any atom is -0.479 e. The van der Waals surface area contributed by atoms with Gasteiger partial charge in [-0.05, 0) is 12.5 Å². The van der Waals surface area contributed by atoms with Crippen LogP contribution in [0.1, 0.15) is 24.9 Å². The number of nitrogens with one attached hydrogen (secondary N) is 2. The Labute approximate surface area is 117 Å². The van der Waals surface area contributed by atoms with Gasteiger partial charge in [0.2, 0.25) is 0 Å². The molecule has 1 saturated heterocycles. The third-order valence-electron chi connectivity index (χ3n) is 3.43. The Hall–Kier alpha value is -2.08. The first kappa shape index (κ1) is 14.3. The molecule has 0 aromatic heterocycles. The standard InChI is InChI=1S/C14H18N2O4/c1-10(11-5-3-2-4-6-11)15-13(19)16-14(12(17)18)7-8-20-9-14/h2-6,10H,7-9H2,1H3,(H,17,18)(H2,15,16,19). The Morgan fingerprint density at radius 1 is 1.35 bits per heavy atom. The molecule has 0 saturated carbocycles. The molecule has 1 aliphatic rings. The summed E-state index contributed by atoms with van der Waals surface area (Å²) in [5, 5.41) is 14.5. The average Bonchev–Trinajstić information content (AvgIpc) is 2.89. The summed E-state index contributed by atoms with van der Waals surface area (Å²) in [6, 6.07) is 8.75. The minimum absolute atomic E-state index is 0.00449. The number of urea groups is 1. The number of carbonyl (C=O) groups excluding carboxylic acids is 1. The van der Waals surface area contributed by atoms with Crippen molar-refractivity contribution in [2.24, 2.45) is 0 Å². The van der Waals surface area contributed by atoms with E-state index >= 15 is 0 Å². The fourth-order valence-corrected chi connectivity index (χ4v) is 2.16. The summed E-state index contributed by atoms with van der Waals surface area (Å²) < 4.78 is 5.09. The number of hydrogen-bond acceptors (Lipinski definition) is 3. The van der Waals surface area contributed by atoms with Gasteiger partial charge in [-0.3, -0.25) is 0 Å². The number of carbonyl (C=O) groups is 2. The molecule has 6 nitrogen and oxygen atoms in total. The van der Waals surface area contributed by atoms with E-state index in [-0.39, 0.29) is 19.1 Å². The Kier molecular flexibility index (Phi) is 4.24. The van der Waals surface area contributed by atoms with Crippen molar-refractivity contribution in [3.63, 3.8) is 0 Å². The zero-order chi connectivity index (χ0) is 14.6. The maximum Gasteiger partial charge on any atom is 0.332 e. The highest BCUT2D eigenvalue weighted by molar-refractivity contribution is 5.86. The largest absolute Gasteiger partial charge is 0.479 e. The van der Waals surface area contributed by atoms with Crippen LogP contribution in [0.2, 0.25) is 0 Å². The predicted molar refractivity (Wildman–Crippen MR) is 72.3 cm³/mol. The molecule has 1 aliphatic heterocycles. The first-order chi connectivity index (χ1) is 9.53. The van der Waals surface area contributed by atoms with Gasteiger partial charge in [-0.15, -0.1) is 0 Å². The van der Waals surface area contributed by atoms with E-state index < -0.39 is 17.5 Å². The van der Waals surface area contributed by atoms with Gasteiger partial charge in [0.15, 0.2) is 5.54 Å². The smallest absolute Gasteiger partial charge is 0.332 e. The lowest BCUT2D eigenvalue weighted by Gasteiger charge is -2.25. The zero-order valence-electron chi connectivity index (χ0n) is 11.3. The van der Waals surface area contributed by atoms with Crippen LogP contribution in [0, 0.1) is 0 Å². The molecule has 1 aromatic rings. The predicted octanol–water partition coefficient (Wildman–Crippen LogP) is 1.29. The molecule has 2 atom stereocenters. The van der Waals surface area contributed by atoms with E-state index in [1.54, 1.807) is 0 Å². The second-order valence-electron chi connectivity index (χ2n) is 4.92. The first-order valence-corrected chi connectivity index (χ1v) is 6.48. The number of carboxylic acid groups (broad SMARTS) is 1. The lowest BCUT2D eigenvalue weighted by molar-refractivity contribution is -0.144. The van der Waals surface area contributed by atoms with Gasteiger partial charge in [-0.25, -0.2) is 9.59 Å². The van der Waals surface area contributed by atoms with Crippen molar-refractivity contribution >= 4 is 12.0 Å². The highest BCUT2D eigenvalue weighted by Gasteiger charge is 2.44. The number of carboxylic acids is 1. The molecule has 0 aliphatic carbocycles. The number of ether oxygens (including phenoxy) is 1. The third kappa shape index (κ3) is 3.08. The number of rotatable bonds is 4. The second kappa shape index (κ2) is 5.92. The third-order valence-corrected chi connectivity index (χ3v) is 3.43. The molecule has 0 radical (unpaired) electrons. The number of hydrogen-bond donors (Lipinski definition) is 3. The van der Waals surface area contributed by atoms with Crippen LogP contribution < -0.4 is 10.6 Å². The summed E-state index contributed by atoms with van der Waals surface area (Å²) in [5.74, 6) is -1.07. The fourth-order valence-electron chi connectivity index (χ4n) is 2.16. The maximum atomic E-state index is 12.0. The van der Waals surface area contributed by atoms with Crippen molar-refractivity contribution in [1.82, 2.24) is 10.6 Å². The van der Waals surface area contributed by atoms with Crippen molar-refractivity contribution in [3.05, 3.63) is 35.9 Å². The first-order valence-electron chi connectivity index (χ1n) is 6.48. The van der Waals surface area contributed by atoms with Crippen molar-refractivity contribution in [3.8, 4) is 0 Å². The van der Waals surface area contributed by atoms with Crippen LogP contribution in [0.5, 0.6) is 0 Å². The highest BCUT2D eigenvalue weighted by Crippen LogP contribution is 2.19. The van der Waals surface area contributed by atoms with E-state index in [0.717, 1.165) is 5.56 Å². The Bertz CT molecular complexity index is 483. The van der Waals surface area contributed by atoms with Crippen LogP contribution >= 0.6 is 0 Å². The van der Waals surface area contributed by atoms with Gasteiger partial charge in [0.25, 0.3) is 0 Å². The van der Waals surface area contributed by atoms with Crippen LogP contribution in [-0.2, 0) is 9.53 Å². The molecule has 6 heteroatoms. The van der Waals surface area contributed by atoms with Gasteiger partial charge in [0, 0.05) is 13.0 Å². The van der Waals surface area contributed by atoms with Crippen LogP contribution in [0.15, 0.2) is 30.3 Å². The number of benzene rings is 1. The van der Waals surface area contributed by atoms with E-state index in [1.165, 1.54) is 0 Å². The van der Waals surface area contributed by atoms with Gasteiger partial charge in [0.05, 0.1) is 12.6 Å². The van der Waals surface area contributed by atoms with Crippen molar-refractivity contribution < 1.29 is 19.4 Å². The molecular weight excluding hydrogens is 260 g/mol. The van der Waals surface area contributed by atoms with Gasteiger partial charge in [0.1, 0.15) is 0 Å².